The van der Waals surface area contributed by atoms with Crippen LogP contribution in [0.15, 0.2) is 64.4 Å². The fourth-order valence-electron chi connectivity index (χ4n) is 1.78. The lowest BCUT2D eigenvalue weighted by Crippen LogP contribution is -2.08. The van der Waals surface area contributed by atoms with E-state index >= 15 is 0 Å². The van der Waals surface area contributed by atoms with Gasteiger partial charge in [0.2, 0.25) is 0 Å². The van der Waals surface area contributed by atoms with Crippen molar-refractivity contribution >= 4 is 29.6 Å². The third kappa shape index (κ3) is 3.39. The summed E-state index contributed by atoms with van der Waals surface area (Å²) in [4.78, 5) is -0.0389. The van der Waals surface area contributed by atoms with Gasteiger partial charge in [-0.1, -0.05) is 36.4 Å². The maximum atomic E-state index is 12.2. The summed E-state index contributed by atoms with van der Waals surface area (Å²) in [5.74, 6) is -0.418. The molecule has 2 aromatic rings. The van der Waals surface area contributed by atoms with E-state index in [-0.39, 0.29) is 15.4 Å². The van der Waals surface area contributed by atoms with Gasteiger partial charge >= 0.3 is 0 Å². The van der Waals surface area contributed by atoms with Gasteiger partial charge in [0.15, 0.2) is 9.84 Å². The molecule has 0 aromatic heterocycles. The minimum atomic E-state index is -3.98. The lowest BCUT2D eigenvalue weighted by molar-refractivity contribution is 0.594. The summed E-state index contributed by atoms with van der Waals surface area (Å²) in [7, 11) is -2.28. The SMILES string of the molecule is O=S(=O)(Cl)c1ccccc1CS(=O)(=O)c1ccccc1. The van der Waals surface area contributed by atoms with Gasteiger partial charge in [-0.2, -0.15) is 0 Å². The first-order valence-corrected chi connectivity index (χ1v) is 9.57. The standard InChI is InChI=1S/C13H11ClO4S2/c14-20(17,18)13-9-5-4-6-11(13)10-19(15,16)12-7-2-1-3-8-12/h1-9H,10H2. The van der Waals surface area contributed by atoms with Crippen LogP contribution >= 0.6 is 10.7 Å². The monoisotopic (exact) mass is 330 g/mol. The van der Waals surface area contributed by atoms with Gasteiger partial charge in [-0.3, -0.25) is 0 Å². The van der Waals surface area contributed by atoms with E-state index in [0.717, 1.165) is 0 Å². The molecule has 0 saturated heterocycles. The van der Waals surface area contributed by atoms with Gasteiger partial charge in [0.1, 0.15) is 0 Å². The highest BCUT2D eigenvalue weighted by atomic mass is 35.7. The minimum Gasteiger partial charge on any atom is -0.223 e. The second-order valence-corrected chi connectivity index (χ2v) is 8.64. The average molecular weight is 331 g/mol. The fourth-order valence-corrected chi connectivity index (χ4v) is 4.41. The second kappa shape index (κ2) is 5.55. The summed E-state index contributed by atoms with van der Waals surface area (Å²) >= 11 is 0. The van der Waals surface area contributed by atoms with Crippen LogP contribution in [0.4, 0.5) is 0 Å². The number of halogens is 1. The number of hydrogen-bond acceptors (Lipinski definition) is 4. The van der Waals surface area contributed by atoms with E-state index in [9.17, 15) is 16.8 Å². The van der Waals surface area contributed by atoms with E-state index in [2.05, 4.69) is 0 Å². The van der Waals surface area contributed by atoms with Crippen molar-refractivity contribution in [2.24, 2.45) is 0 Å². The second-order valence-electron chi connectivity index (χ2n) is 4.12. The first-order chi connectivity index (χ1) is 9.31. The van der Waals surface area contributed by atoms with Crippen molar-refractivity contribution in [3.8, 4) is 0 Å². The maximum Gasteiger partial charge on any atom is 0.261 e. The van der Waals surface area contributed by atoms with Crippen molar-refractivity contribution in [1.29, 1.82) is 0 Å². The van der Waals surface area contributed by atoms with Gasteiger partial charge in [-0.05, 0) is 23.8 Å². The molecule has 0 aliphatic carbocycles. The molecule has 106 valence electrons. The Hall–Kier alpha value is -1.37. The summed E-state index contributed by atoms with van der Waals surface area (Å²) in [5.41, 5.74) is 0.159. The van der Waals surface area contributed by atoms with Gasteiger partial charge in [0, 0.05) is 10.7 Å². The Balaban J connectivity index is 2.46. The highest BCUT2D eigenvalue weighted by Gasteiger charge is 2.21. The maximum absolute atomic E-state index is 12.2. The van der Waals surface area contributed by atoms with Crippen LogP contribution in [0.5, 0.6) is 0 Å². The third-order valence-electron chi connectivity index (χ3n) is 2.68. The lowest BCUT2D eigenvalue weighted by atomic mass is 10.2. The van der Waals surface area contributed by atoms with Crippen molar-refractivity contribution in [2.75, 3.05) is 0 Å². The summed E-state index contributed by atoms with van der Waals surface area (Å²) < 4.78 is 47.4. The van der Waals surface area contributed by atoms with Crippen molar-refractivity contribution in [2.45, 2.75) is 15.5 Å². The van der Waals surface area contributed by atoms with Crippen LogP contribution in [0.1, 0.15) is 5.56 Å². The van der Waals surface area contributed by atoms with Gasteiger partial charge < -0.3 is 0 Å². The van der Waals surface area contributed by atoms with E-state index in [1.165, 1.54) is 30.3 Å². The fraction of sp³-hybridized carbons (Fsp3) is 0.0769. The number of rotatable bonds is 4. The quantitative estimate of drug-likeness (QED) is 0.808. The summed E-state index contributed by atoms with van der Waals surface area (Å²) in [6.45, 7) is 0. The Bertz CT molecular complexity index is 812. The molecule has 7 heteroatoms. The molecule has 0 aliphatic heterocycles. The predicted octanol–water partition coefficient (Wildman–Crippen LogP) is 2.59. The van der Waals surface area contributed by atoms with E-state index < -0.39 is 24.6 Å². The molecule has 0 unspecified atom stereocenters. The first kappa shape index (κ1) is 15.0. The van der Waals surface area contributed by atoms with Crippen molar-refractivity contribution in [3.63, 3.8) is 0 Å². The Labute approximate surface area is 122 Å². The smallest absolute Gasteiger partial charge is 0.223 e. The molecule has 0 radical (unpaired) electrons. The topological polar surface area (TPSA) is 68.3 Å². The molecule has 2 rings (SSSR count). The molecular weight excluding hydrogens is 320 g/mol. The molecule has 0 spiro atoms. The molecule has 0 atom stereocenters. The van der Waals surface area contributed by atoms with Gasteiger partial charge in [0.25, 0.3) is 9.05 Å². The average Bonchev–Trinajstić information content (AvgIpc) is 2.39. The molecule has 0 aliphatic rings. The largest absolute Gasteiger partial charge is 0.261 e. The van der Waals surface area contributed by atoms with Crippen molar-refractivity contribution in [3.05, 3.63) is 60.2 Å². The zero-order valence-electron chi connectivity index (χ0n) is 10.2. The van der Waals surface area contributed by atoms with Crippen molar-refractivity contribution < 1.29 is 16.8 Å². The van der Waals surface area contributed by atoms with E-state index in [1.54, 1.807) is 24.3 Å². The molecule has 0 fully saturated rings. The Morgan fingerprint density at radius 3 is 1.95 bits per heavy atom. The summed E-state index contributed by atoms with van der Waals surface area (Å²) in [6.07, 6.45) is 0. The zero-order chi connectivity index (χ0) is 14.8. The lowest BCUT2D eigenvalue weighted by Gasteiger charge is -2.08. The van der Waals surface area contributed by atoms with E-state index in [0.29, 0.717) is 0 Å². The zero-order valence-corrected chi connectivity index (χ0v) is 12.6. The minimum absolute atomic E-state index is 0.141. The van der Waals surface area contributed by atoms with Crippen LogP contribution in [0.2, 0.25) is 0 Å². The van der Waals surface area contributed by atoms with E-state index in [1.807, 2.05) is 0 Å². The van der Waals surface area contributed by atoms with Crippen LogP contribution < -0.4 is 0 Å². The molecule has 20 heavy (non-hydrogen) atoms. The highest BCUT2D eigenvalue weighted by Crippen LogP contribution is 2.24. The van der Waals surface area contributed by atoms with Crippen LogP contribution in [-0.4, -0.2) is 16.8 Å². The molecule has 0 N–H and O–H groups in total. The molecule has 0 saturated carbocycles. The Morgan fingerprint density at radius 2 is 1.35 bits per heavy atom. The molecule has 2 aromatic carbocycles. The van der Waals surface area contributed by atoms with Gasteiger partial charge in [-0.25, -0.2) is 16.8 Å². The van der Waals surface area contributed by atoms with Gasteiger partial charge in [-0.15, -0.1) is 0 Å². The van der Waals surface area contributed by atoms with Gasteiger partial charge in [0.05, 0.1) is 15.5 Å². The van der Waals surface area contributed by atoms with Crippen molar-refractivity contribution in [1.82, 2.24) is 0 Å². The first-order valence-electron chi connectivity index (χ1n) is 5.61. The molecule has 4 nitrogen and oxygen atoms in total. The number of sulfone groups is 1. The van der Waals surface area contributed by atoms with Crippen LogP contribution in [0.3, 0.4) is 0 Å². The van der Waals surface area contributed by atoms with E-state index in [4.69, 9.17) is 10.7 Å². The van der Waals surface area contributed by atoms with Crippen LogP contribution in [0.25, 0.3) is 0 Å². The van der Waals surface area contributed by atoms with Crippen LogP contribution in [0, 0.1) is 0 Å². The molecule has 0 heterocycles. The normalized spacial score (nSPS) is 12.2. The third-order valence-corrected chi connectivity index (χ3v) is 5.79. The Kier molecular flexibility index (Phi) is 4.17. The number of benzene rings is 2. The summed E-state index contributed by atoms with van der Waals surface area (Å²) in [5, 5.41) is 0. The summed E-state index contributed by atoms with van der Waals surface area (Å²) in [6, 6.07) is 13.6. The molecular formula is C13H11ClO4S2. The van der Waals surface area contributed by atoms with Crippen LogP contribution in [-0.2, 0) is 24.6 Å². The molecule has 0 amide bonds. The highest BCUT2D eigenvalue weighted by molar-refractivity contribution is 8.13. The molecule has 0 bridgehead atoms. The predicted molar refractivity (Wildman–Crippen MR) is 76.8 cm³/mol. The Morgan fingerprint density at radius 1 is 0.800 bits per heavy atom. The number of hydrogen-bond donors (Lipinski definition) is 0.